The van der Waals surface area contributed by atoms with Gasteiger partial charge in [0, 0.05) is 0 Å². The monoisotopic (exact) mass is 258 g/mol. The summed E-state index contributed by atoms with van der Waals surface area (Å²) in [7, 11) is 1.23. The smallest absolute Gasteiger partial charge is 0.320 e. The van der Waals surface area contributed by atoms with E-state index >= 15 is 0 Å². The van der Waals surface area contributed by atoms with Gasteiger partial charge >= 0.3 is 11.9 Å². The second-order valence-corrected chi connectivity index (χ2v) is 5.02. The number of alkyl halides is 2. The summed E-state index contributed by atoms with van der Waals surface area (Å²) in [6.45, 7) is 0. The number of esters is 1. The van der Waals surface area contributed by atoms with Crippen LogP contribution in [0.4, 0.5) is 0 Å². The van der Waals surface area contributed by atoms with Crippen molar-refractivity contribution < 1.29 is 19.4 Å². The average molecular weight is 259 g/mol. The number of carbonyl (C=O) groups is 2. The van der Waals surface area contributed by atoms with Gasteiger partial charge in [-0.25, -0.2) is 0 Å². The third-order valence-electron chi connectivity index (χ3n) is 1.85. The number of carboxylic acid groups (broad SMARTS) is 1. The Labute approximate surface area is 94.9 Å². The van der Waals surface area contributed by atoms with E-state index in [1.54, 1.807) is 0 Å². The summed E-state index contributed by atoms with van der Waals surface area (Å²) in [5.74, 6) is -1.60. The quantitative estimate of drug-likeness (QED) is 0.590. The molecule has 1 rings (SSSR count). The zero-order valence-corrected chi connectivity index (χ0v) is 9.47. The SMILES string of the molecule is COC(=O)C1SC(C(=O)O)C(Cl)C1Cl. The van der Waals surface area contributed by atoms with E-state index in [4.69, 9.17) is 28.3 Å². The van der Waals surface area contributed by atoms with Crippen LogP contribution in [0.25, 0.3) is 0 Å². The van der Waals surface area contributed by atoms with Crippen molar-refractivity contribution in [3.8, 4) is 0 Å². The highest BCUT2D eigenvalue weighted by molar-refractivity contribution is 8.02. The van der Waals surface area contributed by atoms with Gasteiger partial charge < -0.3 is 9.84 Å². The third kappa shape index (κ3) is 2.10. The lowest BCUT2D eigenvalue weighted by molar-refractivity contribution is -0.140. The molecule has 0 amide bonds. The number of carbonyl (C=O) groups excluding carboxylic acids is 1. The highest BCUT2D eigenvalue weighted by Gasteiger charge is 2.49. The van der Waals surface area contributed by atoms with Crippen LogP contribution in [-0.2, 0) is 14.3 Å². The van der Waals surface area contributed by atoms with Crippen LogP contribution in [0.3, 0.4) is 0 Å². The standard InChI is InChI=1S/C7H8Cl2O4S/c1-13-7(12)5-3(9)2(8)4(14-5)6(10)11/h2-5H,1H3,(H,10,11). The number of rotatable bonds is 2. The molecule has 4 atom stereocenters. The molecule has 80 valence electrons. The molecule has 0 aromatic heterocycles. The molecule has 0 radical (unpaired) electrons. The van der Waals surface area contributed by atoms with Crippen LogP contribution < -0.4 is 0 Å². The molecule has 0 bridgehead atoms. The van der Waals surface area contributed by atoms with Crippen molar-refractivity contribution in [1.82, 2.24) is 0 Å². The van der Waals surface area contributed by atoms with Gasteiger partial charge in [-0.15, -0.1) is 35.0 Å². The predicted molar refractivity (Wildman–Crippen MR) is 54.1 cm³/mol. The maximum atomic E-state index is 11.2. The topological polar surface area (TPSA) is 63.6 Å². The second kappa shape index (κ2) is 4.59. The zero-order chi connectivity index (χ0) is 10.9. The van der Waals surface area contributed by atoms with E-state index in [1.807, 2.05) is 0 Å². The van der Waals surface area contributed by atoms with Gasteiger partial charge in [-0.2, -0.15) is 0 Å². The summed E-state index contributed by atoms with van der Waals surface area (Å²) < 4.78 is 4.49. The van der Waals surface area contributed by atoms with Crippen molar-refractivity contribution in [3.05, 3.63) is 0 Å². The summed E-state index contributed by atoms with van der Waals surface area (Å²) >= 11 is 12.5. The average Bonchev–Trinajstić information content (AvgIpc) is 2.43. The van der Waals surface area contributed by atoms with Crippen molar-refractivity contribution in [3.63, 3.8) is 0 Å². The molecule has 0 aromatic carbocycles. The number of halogens is 2. The summed E-state index contributed by atoms with van der Waals surface area (Å²) in [6, 6.07) is 0. The molecule has 1 aliphatic rings. The lowest BCUT2D eigenvalue weighted by Crippen LogP contribution is -2.30. The van der Waals surface area contributed by atoms with Crippen LogP contribution in [0.1, 0.15) is 0 Å². The molecule has 1 heterocycles. The molecule has 1 fully saturated rings. The number of ether oxygens (including phenoxy) is 1. The Balaban J connectivity index is 2.76. The number of methoxy groups -OCH3 is 1. The summed E-state index contributed by atoms with van der Waals surface area (Å²) in [6.07, 6.45) is 0. The maximum Gasteiger partial charge on any atom is 0.320 e. The third-order valence-corrected chi connectivity index (χ3v) is 4.89. The van der Waals surface area contributed by atoms with Gasteiger partial charge in [0.05, 0.1) is 17.9 Å². The number of carboxylic acids is 1. The molecule has 0 aliphatic carbocycles. The van der Waals surface area contributed by atoms with E-state index in [0.29, 0.717) is 0 Å². The Kier molecular flexibility index (Phi) is 3.92. The fourth-order valence-electron chi connectivity index (χ4n) is 1.14. The van der Waals surface area contributed by atoms with Crippen LogP contribution in [0.2, 0.25) is 0 Å². The van der Waals surface area contributed by atoms with E-state index in [9.17, 15) is 9.59 Å². The summed E-state index contributed by atoms with van der Waals surface area (Å²) in [5, 5.41) is 5.72. The van der Waals surface area contributed by atoms with Crippen LogP contribution in [-0.4, -0.2) is 45.4 Å². The highest BCUT2D eigenvalue weighted by atomic mass is 35.5. The van der Waals surface area contributed by atoms with Gasteiger partial charge in [0.2, 0.25) is 0 Å². The normalized spacial score (nSPS) is 36.8. The minimum Gasteiger partial charge on any atom is -0.480 e. The molecule has 14 heavy (non-hydrogen) atoms. The largest absolute Gasteiger partial charge is 0.480 e. The Morgan fingerprint density at radius 1 is 1.29 bits per heavy atom. The van der Waals surface area contributed by atoms with E-state index in [0.717, 1.165) is 11.8 Å². The fourth-order valence-corrected chi connectivity index (χ4v) is 3.45. The van der Waals surface area contributed by atoms with Gasteiger partial charge in [-0.1, -0.05) is 0 Å². The highest BCUT2D eigenvalue weighted by Crippen LogP contribution is 2.41. The first-order valence-electron chi connectivity index (χ1n) is 3.73. The van der Waals surface area contributed by atoms with Crippen LogP contribution in [0.15, 0.2) is 0 Å². The lowest BCUT2D eigenvalue weighted by atomic mass is 10.2. The molecule has 0 aromatic rings. The molecule has 1 saturated heterocycles. The van der Waals surface area contributed by atoms with Crippen molar-refractivity contribution in [1.29, 1.82) is 0 Å². The Hall–Kier alpha value is -0.130. The summed E-state index contributed by atoms with van der Waals surface area (Å²) in [4.78, 5) is 21.9. The number of thioether (sulfide) groups is 1. The minimum absolute atomic E-state index is 0.538. The molecular weight excluding hydrogens is 251 g/mol. The van der Waals surface area contributed by atoms with E-state index in [-0.39, 0.29) is 0 Å². The molecular formula is C7H8Cl2O4S. The van der Waals surface area contributed by atoms with Crippen LogP contribution >= 0.6 is 35.0 Å². The van der Waals surface area contributed by atoms with Crippen molar-refractivity contribution in [2.45, 2.75) is 21.3 Å². The van der Waals surface area contributed by atoms with Gasteiger partial charge in [0.25, 0.3) is 0 Å². The molecule has 0 saturated carbocycles. The maximum absolute atomic E-state index is 11.2. The molecule has 0 spiro atoms. The first-order valence-corrected chi connectivity index (χ1v) is 5.55. The number of aliphatic carboxylic acids is 1. The van der Waals surface area contributed by atoms with E-state index < -0.39 is 33.2 Å². The Bertz CT molecular complexity index is 260. The van der Waals surface area contributed by atoms with Crippen molar-refractivity contribution in [2.75, 3.05) is 7.11 Å². The Morgan fingerprint density at radius 2 is 1.79 bits per heavy atom. The zero-order valence-electron chi connectivity index (χ0n) is 7.15. The second-order valence-electron chi connectivity index (χ2n) is 2.73. The first kappa shape index (κ1) is 11.9. The van der Waals surface area contributed by atoms with Crippen LogP contribution in [0.5, 0.6) is 0 Å². The van der Waals surface area contributed by atoms with E-state index in [1.165, 1.54) is 7.11 Å². The first-order chi connectivity index (χ1) is 6.49. The minimum atomic E-state index is -1.06. The van der Waals surface area contributed by atoms with Gasteiger partial charge in [0.15, 0.2) is 0 Å². The molecule has 4 unspecified atom stereocenters. The van der Waals surface area contributed by atoms with Crippen molar-refractivity contribution >= 4 is 46.9 Å². The molecule has 1 N–H and O–H groups in total. The molecule has 1 aliphatic heterocycles. The van der Waals surface area contributed by atoms with E-state index in [2.05, 4.69) is 4.74 Å². The molecule has 7 heteroatoms. The van der Waals surface area contributed by atoms with Crippen LogP contribution in [0, 0.1) is 0 Å². The van der Waals surface area contributed by atoms with Gasteiger partial charge in [-0.05, 0) is 0 Å². The molecule has 4 nitrogen and oxygen atoms in total. The number of hydrogen-bond donors (Lipinski definition) is 1. The summed E-state index contributed by atoms with van der Waals surface area (Å²) in [5.41, 5.74) is 0. The Morgan fingerprint density at radius 3 is 2.14 bits per heavy atom. The lowest BCUT2D eigenvalue weighted by Gasteiger charge is -2.10. The number of hydrogen-bond acceptors (Lipinski definition) is 4. The van der Waals surface area contributed by atoms with Crippen molar-refractivity contribution in [2.24, 2.45) is 0 Å². The van der Waals surface area contributed by atoms with Gasteiger partial charge in [0.1, 0.15) is 10.5 Å². The fraction of sp³-hybridized carbons (Fsp3) is 0.714. The van der Waals surface area contributed by atoms with Gasteiger partial charge in [-0.3, -0.25) is 9.59 Å². The predicted octanol–water partition coefficient (Wildman–Crippen LogP) is 0.943.